The number of hydrogen-bond donors (Lipinski definition) is 1. The number of hydrogen-bond acceptors (Lipinski definition) is 4. The quantitative estimate of drug-likeness (QED) is 0.785. The molecule has 7 heteroatoms. The van der Waals surface area contributed by atoms with Gasteiger partial charge in [0.25, 0.3) is 11.8 Å². The number of aromatic nitrogens is 2. The van der Waals surface area contributed by atoms with Crippen LogP contribution in [0.2, 0.25) is 0 Å². The average molecular weight is 350 g/mol. The number of rotatable bonds is 3. The summed E-state index contributed by atoms with van der Waals surface area (Å²) in [5.74, 6) is 0.101. The van der Waals surface area contributed by atoms with Crippen LogP contribution < -0.4 is 0 Å². The van der Waals surface area contributed by atoms with Gasteiger partial charge in [-0.1, -0.05) is 30.3 Å². The monoisotopic (exact) mass is 350 g/mol. The fourth-order valence-corrected chi connectivity index (χ4v) is 3.11. The molecule has 1 aliphatic rings. The van der Waals surface area contributed by atoms with Gasteiger partial charge in [0.2, 0.25) is 0 Å². The highest BCUT2D eigenvalue weighted by Gasteiger charge is 2.28. The first-order valence-corrected chi connectivity index (χ1v) is 8.45. The van der Waals surface area contributed by atoms with Gasteiger partial charge >= 0.3 is 0 Å². The summed E-state index contributed by atoms with van der Waals surface area (Å²) in [6.45, 7) is 1.91. The molecule has 132 valence electrons. The van der Waals surface area contributed by atoms with Gasteiger partial charge in [0.1, 0.15) is 0 Å². The van der Waals surface area contributed by atoms with E-state index in [1.807, 2.05) is 30.3 Å². The first-order chi connectivity index (χ1) is 12.7. The molecule has 2 amide bonds. The Labute approximate surface area is 150 Å². The van der Waals surface area contributed by atoms with Gasteiger partial charge < -0.3 is 14.2 Å². The van der Waals surface area contributed by atoms with Gasteiger partial charge in [-0.25, -0.2) is 0 Å². The smallest absolute Gasteiger partial charge is 0.289 e. The molecule has 1 aliphatic heterocycles. The van der Waals surface area contributed by atoms with E-state index in [9.17, 15) is 9.59 Å². The van der Waals surface area contributed by atoms with Crippen molar-refractivity contribution in [3.63, 3.8) is 0 Å². The van der Waals surface area contributed by atoms with Crippen LogP contribution in [0.15, 0.2) is 59.3 Å². The summed E-state index contributed by atoms with van der Waals surface area (Å²) < 4.78 is 5.16. The van der Waals surface area contributed by atoms with Gasteiger partial charge in [0, 0.05) is 31.7 Å². The molecule has 26 heavy (non-hydrogen) atoms. The minimum absolute atomic E-state index is 0.0808. The van der Waals surface area contributed by atoms with Crippen LogP contribution in [-0.4, -0.2) is 58.0 Å². The lowest BCUT2D eigenvalue weighted by molar-refractivity contribution is 0.0518. The van der Waals surface area contributed by atoms with Crippen LogP contribution in [0.25, 0.3) is 11.3 Å². The molecule has 0 radical (unpaired) electrons. The van der Waals surface area contributed by atoms with E-state index in [1.54, 1.807) is 28.1 Å². The first kappa shape index (κ1) is 16.1. The highest BCUT2D eigenvalue weighted by Crippen LogP contribution is 2.22. The Hall–Kier alpha value is -3.35. The highest BCUT2D eigenvalue weighted by molar-refractivity contribution is 6.00. The lowest BCUT2D eigenvalue weighted by atomic mass is 10.1. The van der Waals surface area contributed by atoms with E-state index >= 15 is 0 Å². The van der Waals surface area contributed by atoms with Crippen LogP contribution in [0.1, 0.15) is 20.9 Å². The van der Waals surface area contributed by atoms with Gasteiger partial charge in [-0.05, 0) is 12.1 Å². The molecule has 1 saturated heterocycles. The van der Waals surface area contributed by atoms with Crippen LogP contribution in [-0.2, 0) is 0 Å². The number of nitrogens with zero attached hydrogens (tertiary/aromatic N) is 3. The van der Waals surface area contributed by atoms with E-state index in [4.69, 9.17) is 4.42 Å². The molecule has 7 nitrogen and oxygen atoms in total. The van der Waals surface area contributed by atoms with Crippen LogP contribution in [0.4, 0.5) is 0 Å². The van der Waals surface area contributed by atoms with Crippen molar-refractivity contribution in [3.05, 3.63) is 66.2 Å². The number of amides is 2. The first-order valence-electron chi connectivity index (χ1n) is 8.45. The maximum absolute atomic E-state index is 12.9. The topological polar surface area (TPSA) is 82.4 Å². The predicted molar refractivity (Wildman–Crippen MR) is 94.5 cm³/mol. The van der Waals surface area contributed by atoms with Crippen LogP contribution in [0, 0.1) is 0 Å². The molecule has 0 atom stereocenters. The van der Waals surface area contributed by atoms with Crippen molar-refractivity contribution < 1.29 is 14.0 Å². The minimum Gasteiger partial charge on any atom is -0.459 e. The Morgan fingerprint density at radius 1 is 0.923 bits per heavy atom. The number of H-pyrrole nitrogens is 1. The summed E-state index contributed by atoms with van der Waals surface area (Å²) in [6.07, 6.45) is 3.04. The molecule has 0 bridgehead atoms. The summed E-state index contributed by atoms with van der Waals surface area (Å²) >= 11 is 0. The Bertz CT molecular complexity index is 894. The molecular formula is C19H18N4O3. The minimum atomic E-state index is -0.143. The zero-order chi connectivity index (χ0) is 17.9. The number of carbonyl (C=O) groups is 2. The third-order valence-electron chi connectivity index (χ3n) is 4.52. The van der Waals surface area contributed by atoms with Crippen molar-refractivity contribution >= 4 is 11.8 Å². The van der Waals surface area contributed by atoms with Gasteiger partial charge in [-0.2, -0.15) is 5.10 Å². The Morgan fingerprint density at radius 2 is 1.62 bits per heavy atom. The lowest BCUT2D eigenvalue weighted by Gasteiger charge is -2.34. The lowest BCUT2D eigenvalue weighted by Crippen LogP contribution is -2.50. The van der Waals surface area contributed by atoms with Crippen molar-refractivity contribution in [1.82, 2.24) is 20.0 Å². The fourth-order valence-electron chi connectivity index (χ4n) is 3.11. The van der Waals surface area contributed by atoms with E-state index in [0.29, 0.717) is 43.2 Å². The molecule has 0 spiro atoms. The predicted octanol–water partition coefficient (Wildman–Crippen LogP) is 2.27. The third kappa shape index (κ3) is 2.99. The summed E-state index contributed by atoms with van der Waals surface area (Å²) in [5.41, 5.74) is 2.17. The number of nitrogens with one attached hydrogen (secondary N) is 1. The highest BCUT2D eigenvalue weighted by atomic mass is 16.3. The number of piperazine rings is 1. The number of aromatic amines is 1. The fraction of sp³-hybridized carbons (Fsp3) is 0.211. The normalized spacial score (nSPS) is 14.5. The van der Waals surface area contributed by atoms with E-state index in [0.717, 1.165) is 5.56 Å². The molecule has 2 aromatic heterocycles. The second kappa shape index (κ2) is 6.87. The van der Waals surface area contributed by atoms with Gasteiger partial charge in [0.05, 0.1) is 23.7 Å². The SMILES string of the molecule is O=C(c1ccco1)N1CCN(C(=O)c2cn[nH]c2-c2ccccc2)CC1. The number of carbonyl (C=O) groups excluding carboxylic acids is 2. The summed E-state index contributed by atoms with van der Waals surface area (Å²) in [4.78, 5) is 28.7. The average Bonchev–Trinajstić information content (AvgIpc) is 3.39. The van der Waals surface area contributed by atoms with Crippen LogP contribution in [0.3, 0.4) is 0 Å². The molecule has 4 rings (SSSR count). The van der Waals surface area contributed by atoms with Crippen molar-refractivity contribution in [3.8, 4) is 11.3 Å². The zero-order valence-corrected chi connectivity index (χ0v) is 14.1. The molecule has 1 fully saturated rings. The molecule has 3 heterocycles. The Kier molecular flexibility index (Phi) is 4.27. The maximum atomic E-state index is 12.9. The summed E-state index contributed by atoms with van der Waals surface area (Å²) in [6, 6.07) is 13.0. The van der Waals surface area contributed by atoms with Crippen molar-refractivity contribution in [2.75, 3.05) is 26.2 Å². The van der Waals surface area contributed by atoms with Crippen molar-refractivity contribution in [2.45, 2.75) is 0 Å². The van der Waals surface area contributed by atoms with Crippen molar-refractivity contribution in [2.24, 2.45) is 0 Å². The molecule has 1 N–H and O–H groups in total. The molecule has 1 aromatic carbocycles. The van der Waals surface area contributed by atoms with E-state index in [1.165, 1.54) is 6.26 Å². The third-order valence-corrected chi connectivity index (χ3v) is 4.52. The van der Waals surface area contributed by atoms with Gasteiger partial charge in [-0.15, -0.1) is 0 Å². The van der Waals surface area contributed by atoms with E-state index in [2.05, 4.69) is 10.2 Å². The maximum Gasteiger partial charge on any atom is 0.289 e. The van der Waals surface area contributed by atoms with Gasteiger partial charge in [-0.3, -0.25) is 14.7 Å². The largest absolute Gasteiger partial charge is 0.459 e. The van der Waals surface area contributed by atoms with E-state index < -0.39 is 0 Å². The van der Waals surface area contributed by atoms with Crippen LogP contribution in [0.5, 0.6) is 0 Å². The molecule has 0 unspecified atom stereocenters. The molecular weight excluding hydrogens is 332 g/mol. The van der Waals surface area contributed by atoms with Crippen molar-refractivity contribution in [1.29, 1.82) is 0 Å². The molecule has 0 saturated carbocycles. The Balaban J connectivity index is 1.45. The molecule has 3 aromatic rings. The second-order valence-corrected chi connectivity index (χ2v) is 6.09. The Morgan fingerprint density at radius 3 is 2.27 bits per heavy atom. The summed E-state index contributed by atoms with van der Waals surface area (Å²) in [5, 5.41) is 6.96. The number of furan rings is 1. The zero-order valence-electron chi connectivity index (χ0n) is 14.1. The second-order valence-electron chi connectivity index (χ2n) is 6.09. The standard InChI is InChI=1S/C19H18N4O3/c24-18(15-13-20-21-17(15)14-5-2-1-3-6-14)22-8-10-23(11-9-22)19(25)16-7-4-12-26-16/h1-7,12-13H,8-11H2,(H,20,21). The molecule has 0 aliphatic carbocycles. The number of benzene rings is 1. The summed E-state index contributed by atoms with van der Waals surface area (Å²) in [7, 11) is 0. The van der Waals surface area contributed by atoms with Gasteiger partial charge in [0.15, 0.2) is 5.76 Å². The van der Waals surface area contributed by atoms with Crippen LogP contribution >= 0.6 is 0 Å². The van der Waals surface area contributed by atoms with E-state index in [-0.39, 0.29) is 11.8 Å².